The van der Waals surface area contributed by atoms with Gasteiger partial charge in [0, 0.05) is 18.6 Å². The lowest BCUT2D eigenvalue weighted by atomic mass is 9.62. The zero-order chi connectivity index (χ0) is 14.9. The van der Waals surface area contributed by atoms with Gasteiger partial charge in [0.25, 0.3) is 5.69 Å². The molecule has 0 heterocycles. The van der Waals surface area contributed by atoms with E-state index in [1.54, 1.807) is 12.1 Å². The Morgan fingerprint density at radius 3 is 2.57 bits per heavy atom. The van der Waals surface area contributed by atoms with E-state index in [4.69, 9.17) is 0 Å². The Bertz CT molecular complexity index is 603. The lowest BCUT2D eigenvalue weighted by Gasteiger charge is -2.42. The average molecular weight is 285 g/mol. The number of nitro benzene ring substituents is 1. The number of non-ortho nitro benzene ring substituents is 1. The molecule has 0 amide bonds. The van der Waals surface area contributed by atoms with Crippen molar-refractivity contribution >= 4 is 11.5 Å². The number of nitrogens with zero attached hydrogens (tertiary/aromatic N) is 1. The zero-order valence-electron chi connectivity index (χ0n) is 12.0. The molecule has 2 aliphatic rings. The Kier molecular flexibility index (Phi) is 3.62. The maximum atomic E-state index is 11.7. The van der Waals surface area contributed by atoms with Gasteiger partial charge in [0.1, 0.15) is 0 Å². The van der Waals surface area contributed by atoms with Gasteiger partial charge in [-0.25, -0.2) is 0 Å². The van der Waals surface area contributed by atoms with Gasteiger partial charge in [0.15, 0.2) is 5.78 Å². The first-order valence-corrected chi connectivity index (χ1v) is 7.56. The molecule has 0 spiro atoms. The first kappa shape index (κ1) is 14.0. The van der Waals surface area contributed by atoms with Crippen LogP contribution in [0.25, 0.3) is 0 Å². The fourth-order valence-electron chi connectivity index (χ4n) is 3.76. The summed E-state index contributed by atoms with van der Waals surface area (Å²) >= 11 is 0. The summed E-state index contributed by atoms with van der Waals surface area (Å²) in [6, 6.07) is 6.86. The summed E-state index contributed by atoms with van der Waals surface area (Å²) in [7, 11) is 0. The van der Waals surface area contributed by atoms with Crippen LogP contribution >= 0.6 is 0 Å². The number of benzene rings is 1. The van der Waals surface area contributed by atoms with E-state index in [1.165, 1.54) is 18.4 Å². The summed E-state index contributed by atoms with van der Waals surface area (Å²) in [5.41, 5.74) is 2.68. The molecule has 1 aromatic carbocycles. The SMILES string of the molecule is O=C1C=C2CCCCC2(Cc2ccc([N+](=O)[O-])cc2)CC1. The van der Waals surface area contributed by atoms with E-state index >= 15 is 0 Å². The molecule has 1 atom stereocenters. The van der Waals surface area contributed by atoms with Crippen LogP contribution in [0.15, 0.2) is 35.9 Å². The van der Waals surface area contributed by atoms with Crippen LogP contribution < -0.4 is 0 Å². The molecule has 4 heteroatoms. The lowest BCUT2D eigenvalue weighted by molar-refractivity contribution is -0.384. The number of ketones is 1. The Labute approximate surface area is 124 Å². The van der Waals surface area contributed by atoms with Gasteiger partial charge in [-0.2, -0.15) is 0 Å². The Morgan fingerprint density at radius 1 is 1.10 bits per heavy atom. The second-order valence-electron chi connectivity index (χ2n) is 6.22. The molecule has 1 fully saturated rings. The minimum atomic E-state index is -0.368. The summed E-state index contributed by atoms with van der Waals surface area (Å²) in [5, 5.41) is 10.7. The number of nitro groups is 1. The van der Waals surface area contributed by atoms with E-state index in [2.05, 4.69) is 0 Å². The van der Waals surface area contributed by atoms with E-state index < -0.39 is 0 Å². The quantitative estimate of drug-likeness (QED) is 0.623. The van der Waals surface area contributed by atoms with Crippen LogP contribution in [0.2, 0.25) is 0 Å². The molecule has 0 aromatic heterocycles. The summed E-state index contributed by atoms with van der Waals surface area (Å²) in [4.78, 5) is 22.0. The van der Waals surface area contributed by atoms with Crippen molar-refractivity contribution in [2.45, 2.75) is 44.9 Å². The molecule has 0 N–H and O–H groups in total. The van der Waals surface area contributed by atoms with Gasteiger partial charge >= 0.3 is 0 Å². The average Bonchev–Trinajstić information content (AvgIpc) is 2.48. The summed E-state index contributed by atoms with van der Waals surface area (Å²) in [5.74, 6) is 0.256. The van der Waals surface area contributed by atoms with Gasteiger partial charge in [-0.05, 0) is 49.2 Å². The van der Waals surface area contributed by atoms with Crippen molar-refractivity contribution in [2.75, 3.05) is 0 Å². The van der Waals surface area contributed by atoms with Crippen LogP contribution in [0, 0.1) is 15.5 Å². The smallest absolute Gasteiger partial charge is 0.269 e. The molecule has 0 saturated heterocycles. The van der Waals surface area contributed by atoms with Crippen molar-refractivity contribution in [3.63, 3.8) is 0 Å². The molecule has 21 heavy (non-hydrogen) atoms. The topological polar surface area (TPSA) is 60.2 Å². The highest BCUT2D eigenvalue weighted by molar-refractivity contribution is 5.91. The third-order valence-corrected chi connectivity index (χ3v) is 4.91. The van der Waals surface area contributed by atoms with Crippen LogP contribution in [-0.4, -0.2) is 10.7 Å². The van der Waals surface area contributed by atoms with Gasteiger partial charge in [-0.15, -0.1) is 0 Å². The fourth-order valence-corrected chi connectivity index (χ4v) is 3.76. The highest BCUT2D eigenvalue weighted by Crippen LogP contribution is 2.49. The van der Waals surface area contributed by atoms with E-state index in [1.807, 2.05) is 18.2 Å². The van der Waals surface area contributed by atoms with Crippen LogP contribution in [0.3, 0.4) is 0 Å². The maximum Gasteiger partial charge on any atom is 0.269 e. The number of fused-ring (bicyclic) bond motifs is 1. The Hall–Kier alpha value is -1.97. The van der Waals surface area contributed by atoms with Crippen molar-refractivity contribution in [3.8, 4) is 0 Å². The second-order valence-corrected chi connectivity index (χ2v) is 6.22. The highest BCUT2D eigenvalue weighted by Gasteiger charge is 2.39. The lowest BCUT2D eigenvalue weighted by Crippen LogP contribution is -2.33. The number of allylic oxidation sites excluding steroid dienone is 2. The third kappa shape index (κ3) is 2.75. The van der Waals surface area contributed by atoms with Crippen molar-refractivity contribution in [1.82, 2.24) is 0 Å². The maximum absolute atomic E-state index is 11.7. The monoisotopic (exact) mass is 285 g/mol. The molecule has 1 aromatic rings. The highest BCUT2D eigenvalue weighted by atomic mass is 16.6. The normalized spacial score (nSPS) is 25.1. The van der Waals surface area contributed by atoms with Crippen LogP contribution in [0.4, 0.5) is 5.69 Å². The van der Waals surface area contributed by atoms with Gasteiger partial charge in [-0.3, -0.25) is 14.9 Å². The molecule has 3 rings (SSSR count). The van der Waals surface area contributed by atoms with Gasteiger partial charge in [-0.1, -0.05) is 24.1 Å². The summed E-state index contributed by atoms with van der Waals surface area (Å²) < 4.78 is 0. The molecule has 0 bridgehead atoms. The van der Waals surface area contributed by atoms with Crippen molar-refractivity contribution in [3.05, 3.63) is 51.6 Å². The summed E-state index contributed by atoms with van der Waals surface area (Å²) in [6.07, 6.45) is 8.85. The molecule has 2 aliphatic carbocycles. The largest absolute Gasteiger partial charge is 0.295 e. The first-order valence-electron chi connectivity index (χ1n) is 7.56. The summed E-state index contributed by atoms with van der Waals surface area (Å²) in [6.45, 7) is 0. The van der Waals surface area contributed by atoms with Gasteiger partial charge in [0.05, 0.1) is 4.92 Å². The van der Waals surface area contributed by atoms with E-state index in [9.17, 15) is 14.9 Å². The molecular formula is C17H19NO3. The molecular weight excluding hydrogens is 266 g/mol. The fraction of sp³-hybridized carbons (Fsp3) is 0.471. The zero-order valence-corrected chi connectivity index (χ0v) is 12.0. The predicted molar refractivity (Wildman–Crippen MR) is 80.0 cm³/mol. The van der Waals surface area contributed by atoms with Crippen molar-refractivity contribution < 1.29 is 9.72 Å². The third-order valence-electron chi connectivity index (χ3n) is 4.91. The van der Waals surface area contributed by atoms with Gasteiger partial charge in [0.2, 0.25) is 0 Å². The van der Waals surface area contributed by atoms with E-state index in [0.29, 0.717) is 6.42 Å². The van der Waals surface area contributed by atoms with Crippen molar-refractivity contribution in [1.29, 1.82) is 0 Å². The molecule has 110 valence electrons. The number of carbonyl (C=O) groups is 1. The van der Waals surface area contributed by atoms with Crippen LogP contribution in [-0.2, 0) is 11.2 Å². The molecule has 0 aliphatic heterocycles. The van der Waals surface area contributed by atoms with Gasteiger partial charge < -0.3 is 0 Å². The minimum Gasteiger partial charge on any atom is -0.295 e. The van der Waals surface area contributed by atoms with Crippen LogP contribution in [0.5, 0.6) is 0 Å². The van der Waals surface area contributed by atoms with E-state index in [-0.39, 0.29) is 21.8 Å². The van der Waals surface area contributed by atoms with Crippen LogP contribution in [0.1, 0.15) is 44.1 Å². The number of hydrogen-bond acceptors (Lipinski definition) is 3. The number of rotatable bonds is 3. The minimum absolute atomic E-state index is 0.113. The number of carbonyl (C=O) groups excluding carboxylic acids is 1. The van der Waals surface area contributed by atoms with Crippen molar-refractivity contribution in [2.24, 2.45) is 5.41 Å². The first-order chi connectivity index (χ1) is 10.1. The second kappa shape index (κ2) is 5.43. The molecule has 0 radical (unpaired) electrons. The molecule has 4 nitrogen and oxygen atoms in total. The number of hydrogen-bond donors (Lipinski definition) is 0. The van der Waals surface area contributed by atoms with E-state index in [0.717, 1.165) is 31.2 Å². The molecule has 1 saturated carbocycles. The predicted octanol–water partition coefficient (Wildman–Crippen LogP) is 3.99. The molecule has 1 unspecified atom stereocenters. The Morgan fingerprint density at radius 2 is 1.86 bits per heavy atom. The Balaban J connectivity index is 1.86. The standard InChI is InChI=1S/C17H19NO3/c19-16-8-10-17(9-2-1-3-14(17)11-16)12-13-4-6-15(7-5-13)18(20)21/h4-7,11H,1-3,8-10,12H2.